The van der Waals surface area contributed by atoms with E-state index in [9.17, 15) is 12.8 Å². The van der Waals surface area contributed by atoms with Crippen LogP contribution in [0.25, 0.3) is 0 Å². The highest BCUT2D eigenvalue weighted by molar-refractivity contribution is 7.89. The number of hydrogen-bond donors (Lipinski definition) is 0. The summed E-state index contributed by atoms with van der Waals surface area (Å²) in [5.74, 6) is -0.405. The second-order valence-corrected chi connectivity index (χ2v) is 5.93. The van der Waals surface area contributed by atoms with Crippen LogP contribution in [0, 0.1) is 12.7 Å². The molecule has 0 aromatic heterocycles. The Kier molecular flexibility index (Phi) is 2.99. The zero-order valence-corrected chi connectivity index (χ0v) is 9.93. The highest BCUT2D eigenvalue weighted by atomic mass is 32.2. The van der Waals surface area contributed by atoms with Gasteiger partial charge in [-0.1, -0.05) is 0 Å². The first kappa shape index (κ1) is 11.5. The highest BCUT2D eigenvalue weighted by Gasteiger charge is 2.28. The third-order valence-corrected chi connectivity index (χ3v) is 4.88. The Hall–Kier alpha value is -0.940. The van der Waals surface area contributed by atoms with Crippen LogP contribution in [0.5, 0.6) is 0 Å². The zero-order valence-electron chi connectivity index (χ0n) is 9.11. The van der Waals surface area contributed by atoms with Crippen molar-refractivity contribution >= 4 is 10.0 Å². The van der Waals surface area contributed by atoms with E-state index in [4.69, 9.17) is 0 Å². The first-order valence-electron chi connectivity index (χ1n) is 5.28. The molecule has 0 N–H and O–H groups in total. The van der Waals surface area contributed by atoms with Crippen molar-refractivity contribution in [1.29, 1.82) is 0 Å². The minimum absolute atomic E-state index is 0.218. The van der Waals surface area contributed by atoms with Crippen LogP contribution in [0.4, 0.5) is 4.39 Å². The number of nitrogens with zero attached hydrogens (tertiary/aromatic N) is 1. The van der Waals surface area contributed by atoms with Gasteiger partial charge in [-0.25, -0.2) is 12.8 Å². The van der Waals surface area contributed by atoms with Crippen LogP contribution in [-0.2, 0) is 10.0 Å². The van der Waals surface area contributed by atoms with Crippen LogP contribution in [-0.4, -0.2) is 25.8 Å². The van der Waals surface area contributed by atoms with E-state index >= 15 is 0 Å². The fourth-order valence-corrected chi connectivity index (χ4v) is 3.69. The van der Waals surface area contributed by atoms with Gasteiger partial charge in [0.1, 0.15) is 5.82 Å². The topological polar surface area (TPSA) is 37.4 Å². The van der Waals surface area contributed by atoms with Crippen molar-refractivity contribution in [2.45, 2.75) is 24.7 Å². The Morgan fingerprint density at radius 1 is 1.25 bits per heavy atom. The summed E-state index contributed by atoms with van der Waals surface area (Å²) >= 11 is 0. The SMILES string of the molecule is Cc1cc(F)ccc1S(=O)(=O)N1CCCC1. The van der Waals surface area contributed by atoms with Gasteiger partial charge >= 0.3 is 0 Å². The van der Waals surface area contributed by atoms with Crippen molar-refractivity contribution in [1.82, 2.24) is 4.31 Å². The van der Waals surface area contributed by atoms with Gasteiger partial charge in [0.05, 0.1) is 4.90 Å². The number of sulfonamides is 1. The summed E-state index contributed by atoms with van der Waals surface area (Å²) < 4.78 is 38.7. The van der Waals surface area contributed by atoms with Crippen molar-refractivity contribution in [3.05, 3.63) is 29.6 Å². The average Bonchev–Trinajstić information content (AvgIpc) is 2.69. The molecule has 0 amide bonds. The van der Waals surface area contributed by atoms with Crippen molar-refractivity contribution in [3.63, 3.8) is 0 Å². The summed E-state index contributed by atoms with van der Waals surface area (Å²) in [6.07, 6.45) is 1.80. The van der Waals surface area contributed by atoms with Crippen molar-refractivity contribution < 1.29 is 12.8 Å². The predicted octanol–water partition coefficient (Wildman–Crippen LogP) is 1.92. The molecule has 0 bridgehead atoms. The largest absolute Gasteiger partial charge is 0.243 e. The van der Waals surface area contributed by atoms with Crippen molar-refractivity contribution in [2.75, 3.05) is 13.1 Å². The number of hydrogen-bond acceptors (Lipinski definition) is 2. The van der Waals surface area contributed by atoms with Gasteiger partial charge in [0.15, 0.2) is 0 Å². The number of halogens is 1. The van der Waals surface area contributed by atoms with Crippen molar-refractivity contribution in [2.24, 2.45) is 0 Å². The number of aryl methyl sites for hydroxylation is 1. The Morgan fingerprint density at radius 2 is 1.88 bits per heavy atom. The molecule has 1 aromatic carbocycles. The molecule has 1 saturated heterocycles. The Labute approximate surface area is 94.9 Å². The summed E-state index contributed by atoms with van der Waals surface area (Å²) in [7, 11) is -3.42. The quantitative estimate of drug-likeness (QED) is 0.795. The van der Waals surface area contributed by atoms with Gasteiger partial charge in [0.25, 0.3) is 0 Å². The smallest absolute Gasteiger partial charge is 0.207 e. The van der Waals surface area contributed by atoms with E-state index in [1.165, 1.54) is 22.5 Å². The standard InChI is InChI=1S/C11H14FNO2S/c1-9-8-10(12)4-5-11(9)16(14,15)13-6-2-3-7-13/h4-5,8H,2-3,6-7H2,1H3. The zero-order chi connectivity index (χ0) is 11.8. The van der Waals surface area contributed by atoms with E-state index in [1.807, 2.05) is 0 Å². The number of rotatable bonds is 2. The first-order chi connectivity index (χ1) is 7.51. The molecular weight excluding hydrogens is 229 g/mol. The molecule has 1 aliphatic heterocycles. The molecule has 1 aliphatic rings. The third-order valence-electron chi connectivity index (χ3n) is 2.82. The van der Waals surface area contributed by atoms with Gasteiger partial charge < -0.3 is 0 Å². The van der Waals surface area contributed by atoms with Crippen LogP contribution in [0.15, 0.2) is 23.1 Å². The van der Waals surface area contributed by atoms with Gasteiger partial charge in [-0.15, -0.1) is 0 Å². The minimum Gasteiger partial charge on any atom is -0.207 e. The predicted molar refractivity (Wildman–Crippen MR) is 59.1 cm³/mol. The van der Waals surface area contributed by atoms with Crippen LogP contribution in [0.3, 0.4) is 0 Å². The normalized spacial score (nSPS) is 17.9. The second-order valence-electron chi connectivity index (χ2n) is 4.02. The van der Waals surface area contributed by atoms with Crippen LogP contribution < -0.4 is 0 Å². The molecule has 16 heavy (non-hydrogen) atoms. The molecule has 1 fully saturated rings. The summed E-state index contributed by atoms with van der Waals surface area (Å²) in [6.45, 7) is 2.75. The number of benzene rings is 1. The second kappa shape index (κ2) is 4.14. The molecule has 0 aliphatic carbocycles. The van der Waals surface area contributed by atoms with Gasteiger partial charge in [-0.3, -0.25) is 0 Å². The molecule has 0 atom stereocenters. The van der Waals surface area contributed by atoms with Crippen LogP contribution in [0.1, 0.15) is 18.4 Å². The van der Waals surface area contributed by atoms with E-state index in [2.05, 4.69) is 0 Å². The molecule has 2 rings (SSSR count). The van der Waals surface area contributed by atoms with E-state index < -0.39 is 15.8 Å². The van der Waals surface area contributed by atoms with Gasteiger partial charge in [0.2, 0.25) is 10.0 Å². The third kappa shape index (κ3) is 1.97. The molecule has 5 heteroatoms. The lowest BCUT2D eigenvalue weighted by Gasteiger charge is -2.16. The van der Waals surface area contributed by atoms with E-state index in [0.29, 0.717) is 18.7 Å². The molecule has 0 unspecified atom stereocenters. The molecule has 1 aromatic rings. The molecule has 3 nitrogen and oxygen atoms in total. The lowest BCUT2D eigenvalue weighted by Crippen LogP contribution is -2.28. The first-order valence-corrected chi connectivity index (χ1v) is 6.72. The van der Waals surface area contributed by atoms with Gasteiger partial charge in [-0.2, -0.15) is 4.31 Å². The Bertz CT molecular complexity index is 493. The maximum atomic E-state index is 12.9. The molecular formula is C11H14FNO2S. The molecule has 1 heterocycles. The lowest BCUT2D eigenvalue weighted by molar-refractivity contribution is 0.476. The molecule has 0 radical (unpaired) electrons. The fourth-order valence-electron chi connectivity index (χ4n) is 1.97. The molecule has 88 valence electrons. The van der Waals surface area contributed by atoms with Gasteiger partial charge in [-0.05, 0) is 43.5 Å². The lowest BCUT2D eigenvalue weighted by atomic mass is 10.2. The van der Waals surface area contributed by atoms with E-state index in [1.54, 1.807) is 6.92 Å². The van der Waals surface area contributed by atoms with Crippen LogP contribution in [0.2, 0.25) is 0 Å². The fraction of sp³-hybridized carbons (Fsp3) is 0.455. The van der Waals surface area contributed by atoms with E-state index in [0.717, 1.165) is 12.8 Å². The maximum absolute atomic E-state index is 12.9. The Balaban J connectivity index is 2.42. The van der Waals surface area contributed by atoms with Crippen LogP contribution >= 0.6 is 0 Å². The monoisotopic (exact) mass is 243 g/mol. The average molecular weight is 243 g/mol. The minimum atomic E-state index is -3.42. The van der Waals surface area contributed by atoms with Crippen molar-refractivity contribution in [3.8, 4) is 0 Å². The molecule has 0 spiro atoms. The van der Waals surface area contributed by atoms with Gasteiger partial charge in [0, 0.05) is 13.1 Å². The summed E-state index contributed by atoms with van der Waals surface area (Å²) in [5, 5.41) is 0. The summed E-state index contributed by atoms with van der Waals surface area (Å²) in [6, 6.07) is 3.79. The maximum Gasteiger partial charge on any atom is 0.243 e. The highest BCUT2D eigenvalue weighted by Crippen LogP contribution is 2.23. The Morgan fingerprint density at radius 3 is 2.44 bits per heavy atom. The summed E-state index contributed by atoms with van der Waals surface area (Å²) in [5.41, 5.74) is 0.465. The summed E-state index contributed by atoms with van der Waals surface area (Å²) in [4.78, 5) is 0.218. The van der Waals surface area contributed by atoms with E-state index in [-0.39, 0.29) is 4.90 Å². The molecule has 0 saturated carbocycles.